The van der Waals surface area contributed by atoms with Gasteiger partial charge in [0, 0.05) is 26.1 Å². The van der Waals surface area contributed by atoms with E-state index in [4.69, 9.17) is 0 Å². The lowest BCUT2D eigenvalue weighted by molar-refractivity contribution is -0.135. The van der Waals surface area contributed by atoms with Crippen molar-refractivity contribution in [3.63, 3.8) is 0 Å². The zero-order chi connectivity index (χ0) is 17.9. The van der Waals surface area contributed by atoms with Gasteiger partial charge in [-0.3, -0.25) is 24.1 Å². The molecule has 7 heteroatoms. The van der Waals surface area contributed by atoms with Gasteiger partial charge in [-0.2, -0.15) is 0 Å². The van der Waals surface area contributed by atoms with Gasteiger partial charge >= 0.3 is 0 Å². The van der Waals surface area contributed by atoms with Crippen LogP contribution in [0.15, 0.2) is 24.3 Å². The smallest absolute Gasteiger partial charge is 0.261 e. The highest BCUT2D eigenvalue weighted by molar-refractivity contribution is 6.21. The van der Waals surface area contributed by atoms with Gasteiger partial charge in [-0.15, -0.1) is 0 Å². The topological polar surface area (TPSA) is 86.8 Å². The van der Waals surface area contributed by atoms with Crippen LogP contribution in [0.5, 0.6) is 0 Å². The molecule has 0 aliphatic carbocycles. The van der Waals surface area contributed by atoms with Crippen LogP contribution < -0.4 is 5.32 Å². The molecule has 0 spiro atoms. The van der Waals surface area contributed by atoms with Crippen molar-refractivity contribution in [2.45, 2.75) is 26.3 Å². The summed E-state index contributed by atoms with van der Waals surface area (Å²) in [6.07, 6.45) is -0.0169. The Bertz CT molecular complexity index is 649. The number of carbonyl (C=O) groups excluding carboxylic acids is 4. The van der Waals surface area contributed by atoms with E-state index in [-0.39, 0.29) is 49.2 Å². The first kappa shape index (κ1) is 17.7. The Hall–Kier alpha value is -2.70. The summed E-state index contributed by atoms with van der Waals surface area (Å²) >= 11 is 0. The van der Waals surface area contributed by atoms with E-state index in [0.29, 0.717) is 11.1 Å². The second-order valence-electron chi connectivity index (χ2n) is 6.03. The van der Waals surface area contributed by atoms with E-state index in [2.05, 4.69) is 5.32 Å². The highest BCUT2D eigenvalue weighted by Gasteiger charge is 2.35. The van der Waals surface area contributed by atoms with Crippen molar-refractivity contribution in [3.05, 3.63) is 35.4 Å². The number of fused-ring (bicyclic) bond motifs is 1. The summed E-state index contributed by atoms with van der Waals surface area (Å²) in [4.78, 5) is 50.5. The first-order chi connectivity index (χ1) is 11.3. The highest BCUT2D eigenvalue weighted by atomic mass is 16.2. The maximum absolute atomic E-state index is 12.2. The normalized spacial score (nSPS) is 13.2. The zero-order valence-corrected chi connectivity index (χ0v) is 14.0. The van der Waals surface area contributed by atoms with E-state index < -0.39 is 0 Å². The fourth-order valence-electron chi connectivity index (χ4n) is 2.51. The monoisotopic (exact) mass is 331 g/mol. The molecule has 1 aromatic carbocycles. The lowest BCUT2D eigenvalue weighted by atomic mass is 10.1. The molecule has 0 bridgehead atoms. The quantitative estimate of drug-likeness (QED) is 0.776. The van der Waals surface area contributed by atoms with Crippen molar-refractivity contribution in [1.29, 1.82) is 0 Å². The third kappa shape index (κ3) is 3.79. The third-order valence-electron chi connectivity index (χ3n) is 3.68. The molecule has 0 radical (unpaired) electrons. The van der Waals surface area contributed by atoms with Crippen LogP contribution >= 0.6 is 0 Å². The lowest BCUT2D eigenvalue weighted by Gasteiger charge is -2.19. The molecule has 0 saturated carbocycles. The molecule has 7 nitrogen and oxygen atoms in total. The van der Waals surface area contributed by atoms with Crippen molar-refractivity contribution in [1.82, 2.24) is 15.1 Å². The summed E-state index contributed by atoms with van der Waals surface area (Å²) in [5, 5.41) is 2.70. The molecule has 1 aliphatic rings. The van der Waals surface area contributed by atoms with E-state index in [1.54, 1.807) is 24.3 Å². The molecule has 0 aromatic heterocycles. The lowest BCUT2D eigenvalue weighted by Crippen LogP contribution is -2.42. The van der Waals surface area contributed by atoms with Crippen LogP contribution in [0.4, 0.5) is 0 Å². The van der Waals surface area contributed by atoms with Crippen molar-refractivity contribution in [2.24, 2.45) is 0 Å². The van der Waals surface area contributed by atoms with Gasteiger partial charge in [-0.05, 0) is 26.0 Å². The van der Waals surface area contributed by atoms with Crippen molar-refractivity contribution < 1.29 is 19.2 Å². The van der Waals surface area contributed by atoms with Crippen LogP contribution in [0.1, 0.15) is 41.0 Å². The summed E-state index contributed by atoms with van der Waals surface area (Å²) in [5.41, 5.74) is 0.722. The molecule has 2 rings (SSSR count). The first-order valence-electron chi connectivity index (χ1n) is 7.79. The molecule has 1 N–H and O–H groups in total. The molecule has 0 unspecified atom stereocenters. The van der Waals surface area contributed by atoms with E-state index in [1.165, 1.54) is 11.9 Å². The summed E-state index contributed by atoms with van der Waals surface area (Å²) in [6.45, 7) is 3.62. The number of rotatable bonds is 6. The number of carbonyl (C=O) groups is 4. The van der Waals surface area contributed by atoms with Gasteiger partial charge < -0.3 is 10.2 Å². The predicted molar refractivity (Wildman–Crippen MR) is 87.3 cm³/mol. The van der Waals surface area contributed by atoms with Crippen LogP contribution in [0.3, 0.4) is 0 Å². The van der Waals surface area contributed by atoms with Crippen molar-refractivity contribution in [2.75, 3.05) is 20.1 Å². The van der Waals surface area contributed by atoms with Crippen LogP contribution in [-0.2, 0) is 9.59 Å². The first-order valence-corrected chi connectivity index (χ1v) is 7.79. The van der Waals surface area contributed by atoms with Crippen LogP contribution in [-0.4, -0.2) is 59.6 Å². The Morgan fingerprint density at radius 1 is 1.12 bits per heavy atom. The second kappa shape index (κ2) is 7.25. The van der Waals surface area contributed by atoms with Gasteiger partial charge in [-0.25, -0.2) is 0 Å². The van der Waals surface area contributed by atoms with Gasteiger partial charge in [0.25, 0.3) is 11.8 Å². The van der Waals surface area contributed by atoms with E-state index >= 15 is 0 Å². The maximum Gasteiger partial charge on any atom is 0.261 e. The van der Waals surface area contributed by atoms with Crippen LogP contribution in [0, 0.1) is 0 Å². The van der Waals surface area contributed by atoms with Crippen molar-refractivity contribution in [3.8, 4) is 0 Å². The Morgan fingerprint density at radius 2 is 1.67 bits per heavy atom. The predicted octanol–water partition coefficient (Wildman–Crippen LogP) is 0.656. The Kier molecular flexibility index (Phi) is 5.33. The van der Waals surface area contributed by atoms with E-state index in [1.807, 2.05) is 13.8 Å². The molecular formula is C17H21N3O4. The summed E-state index contributed by atoms with van der Waals surface area (Å²) < 4.78 is 0. The molecule has 0 fully saturated rings. The number of benzene rings is 1. The maximum atomic E-state index is 12.2. The summed E-state index contributed by atoms with van der Waals surface area (Å²) in [7, 11) is 1.52. The highest BCUT2D eigenvalue weighted by Crippen LogP contribution is 2.22. The largest absolute Gasteiger partial charge is 0.352 e. The number of imide groups is 1. The molecule has 128 valence electrons. The van der Waals surface area contributed by atoms with Crippen molar-refractivity contribution >= 4 is 23.6 Å². The van der Waals surface area contributed by atoms with Gasteiger partial charge in [0.1, 0.15) is 0 Å². The minimum absolute atomic E-state index is 0.000603. The third-order valence-corrected chi connectivity index (χ3v) is 3.68. The molecule has 0 saturated heterocycles. The number of nitrogens with one attached hydrogen (secondary N) is 1. The minimum atomic E-state index is -0.386. The average molecular weight is 331 g/mol. The Morgan fingerprint density at radius 3 is 2.17 bits per heavy atom. The molecule has 1 aromatic rings. The minimum Gasteiger partial charge on any atom is -0.352 e. The van der Waals surface area contributed by atoms with E-state index in [0.717, 1.165) is 4.90 Å². The number of hydrogen-bond acceptors (Lipinski definition) is 4. The molecule has 4 amide bonds. The van der Waals surface area contributed by atoms with Gasteiger partial charge in [0.2, 0.25) is 11.8 Å². The molecule has 1 aliphatic heterocycles. The Labute approximate surface area is 140 Å². The Balaban J connectivity index is 1.90. The standard InChI is InChI=1S/C17H21N3O4/c1-11(2)18-14(21)10-19(3)15(22)8-9-20-16(23)12-6-4-5-7-13(12)17(20)24/h4-7,11H,8-10H2,1-3H3,(H,18,21). The molecule has 0 atom stereocenters. The van der Waals surface area contributed by atoms with Gasteiger partial charge in [0.15, 0.2) is 0 Å². The SMILES string of the molecule is CC(C)NC(=O)CN(C)C(=O)CCN1C(=O)c2ccccc2C1=O. The number of hydrogen-bond donors (Lipinski definition) is 1. The van der Waals surface area contributed by atoms with Gasteiger partial charge in [-0.1, -0.05) is 12.1 Å². The molecular weight excluding hydrogens is 310 g/mol. The van der Waals surface area contributed by atoms with Crippen LogP contribution in [0.25, 0.3) is 0 Å². The summed E-state index contributed by atoms with van der Waals surface area (Å²) in [5.74, 6) is -1.32. The van der Waals surface area contributed by atoms with E-state index in [9.17, 15) is 19.2 Å². The molecule has 24 heavy (non-hydrogen) atoms. The number of likely N-dealkylation sites (N-methyl/N-ethyl adjacent to an activating group) is 1. The fourth-order valence-corrected chi connectivity index (χ4v) is 2.51. The van der Waals surface area contributed by atoms with Crippen LogP contribution in [0.2, 0.25) is 0 Å². The number of amides is 4. The second-order valence-corrected chi connectivity index (χ2v) is 6.03. The van der Waals surface area contributed by atoms with Gasteiger partial charge in [0.05, 0.1) is 17.7 Å². The zero-order valence-electron chi connectivity index (χ0n) is 14.0. The summed E-state index contributed by atoms with van der Waals surface area (Å²) in [6, 6.07) is 6.58. The number of nitrogens with zero attached hydrogens (tertiary/aromatic N) is 2. The fraction of sp³-hybridized carbons (Fsp3) is 0.412. The average Bonchev–Trinajstić information content (AvgIpc) is 2.76. The molecule has 1 heterocycles.